The molecule has 0 saturated heterocycles. The lowest BCUT2D eigenvalue weighted by Crippen LogP contribution is -2.09. The van der Waals surface area contributed by atoms with Gasteiger partial charge in [0.2, 0.25) is 0 Å². The van der Waals surface area contributed by atoms with E-state index in [1.165, 1.54) is 6.07 Å². The molecule has 106 valence electrons. The highest BCUT2D eigenvalue weighted by molar-refractivity contribution is 9.10. The molecule has 0 fully saturated rings. The topological polar surface area (TPSA) is 9.23 Å². The zero-order valence-electron chi connectivity index (χ0n) is 10.0. The van der Waals surface area contributed by atoms with Gasteiger partial charge in [-0.2, -0.15) is 13.2 Å². The maximum atomic E-state index is 13.0. The summed E-state index contributed by atoms with van der Waals surface area (Å²) >= 11 is 8.85. The van der Waals surface area contributed by atoms with Gasteiger partial charge in [-0.1, -0.05) is 57.9 Å². The molecule has 0 spiro atoms. The number of hydrogen-bond donors (Lipinski definition) is 0. The number of alkyl halides is 3. The van der Waals surface area contributed by atoms with E-state index in [1.807, 2.05) is 6.07 Å². The molecule has 0 aliphatic carbocycles. The standard InChI is InChI=1S/C14H9BrClF3O/c15-10-6-11(14(17,18)19)13(12(16)7-10)20-8-9-4-2-1-3-5-9/h1-7H,8H2. The van der Waals surface area contributed by atoms with Crippen LogP contribution in [0.2, 0.25) is 5.02 Å². The molecule has 0 saturated carbocycles. The summed E-state index contributed by atoms with van der Waals surface area (Å²) in [7, 11) is 0. The van der Waals surface area contributed by atoms with E-state index < -0.39 is 11.7 Å². The smallest absolute Gasteiger partial charge is 0.420 e. The molecule has 0 aromatic heterocycles. The number of benzene rings is 2. The van der Waals surface area contributed by atoms with Crippen molar-refractivity contribution in [1.82, 2.24) is 0 Å². The maximum absolute atomic E-state index is 13.0. The van der Waals surface area contributed by atoms with E-state index in [-0.39, 0.29) is 21.9 Å². The molecule has 20 heavy (non-hydrogen) atoms. The van der Waals surface area contributed by atoms with Gasteiger partial charge in [-0.3, -0.25) is 0 Å². The Balaban J connectivity index is 2.31. The van der Waals surface area contributed by atoms with Crippen molar-refractivity contribution in [2.24, 2.45) is 0 Å². The Morgan fingerprint density at radius 2 is 1.75 bits per heavy atom. The largest absolute Gasteiger partial charge is 0.487 e. The van der Waals surface area contributed by atoms with E-state index in [4.69, 9.17) is 16.3 Å². The van der Waals surface area contributed by atoms with Gasteiger partial charge < -0.3 is 4.74 Å². The van der Waals surface area contributed by atoms with Crippen LogP contribution in [0, 0.1) is 0 Å². The monoisotopic (exact) mass is 364 g/mol. The third kappa shape index (κ3) is 3.67. The first-order valence-electron chi connectivity index (χ1n) is 5.61. The molecule has 0 bridgehead atoms. The number of halogens is 5. The zero-order chi connectivity index (χ0) is 14.8. The predicted molar refractivity (Wildman–Crippen MR) is 74.9 cm³/mol. The third-order valence-corrected chi connectivity index (χ3v) is 3.28. The molecule has 0 amide bonds. The lowest BCUT2D eigenvalue weighted by Gasteiger charge is -2.16. The second kappa shape index (κ2) is 6.06. The molecule has 0 N–H and O–H groups in total. The Labute approximate surface area is 127 Å². The normalized spacial score (nSPS) is 11.4. The summed E-state index contributed by atoms with van der Waals surface area (Å²) in [4.78, 5) is 0. The molecule has 2 rings (SSSR count). The van der Waals surface area contributed by atoms with Crippen LogP contribution in [0.3, 0.4) is 0 Å². The molecule has 2 aromatic carbocycles. The van der Waals surface area contributed by atoms with Crippen molar-refractivity contribution in [2.75, 3.05) is 0 Å². The molecule has 0 heterocycles. The van der Waals surface area contributed by atoms with Crippen molar-refractivity contribution < 1.29 is 17.9 Å². The molecular weight excluding hydrogens is 357 g/mol. The summed E-state index contributed by atoms with van der Waals surface area (Å²) in [5, 5.41) is -0.0809. The van der Waals surface area contributed by atoms with Crippen LogP contribution in [0.1, 0.15) is 11.1 Å². The van der Waals surface area contributed by atoms with E-state index in [0.717, 1.165) is 11.6 Å². The minimum atomic E-state index is -4.53. The van der Waals surface area contributed by atoms with Crippen LogP contribution in [0.25, 0.3) is 0 Å². The SMILES string of the molecule is FC(F)(F)c1cc(Br)cc(Cl)c1OCc1ccccc1. The van der Waals surface area contributed by atoms with E-state index in [9.17, 15) is 13.2 Å². The van der Waals surface area contributed by atoms with Gasteiger partial charge in [0, 0.05) is 4.47 Å². The van der Waals surface area contributed by atoms with Crippen LogP contribution in [0.5, 0.6) is 5.75 Å². The Morgan fingerprint density at radius 1 is 1.10 bits per heavy atom. The van der Waals surface area contributed by atoms with Crippen molar-refractivity contribution >= 4 is 27.5 Å². The molecule has 1 nitrogen and oxygen atoms in total. The van der Waals surface area contributed by atoms with Gasteiger partial charge in [-0.15, -0.1) is 0 Å². The average molecular weight is 366 g/mol. The second-order valence-electron chi connectivity index (χ2n) is 4.04. The molecule has 0 aliphatic heterocycles. The fraction of sp³-hybridized carbons (Fsp3) is 0.143. The summed E-state index contributed by atoms with van der Waals surface area (Å²) in [5.74, 6) is -0.355. The van der Waals surface area contributed by atoms with Crippen LogP contribution in [-0.4, -0.2) is 0 Å². The summed E-state index contributed by atoms with van der Waals surface area (Å²) in [6, 6.07) is 11.2. The van der Waals surface area contributed by atoms with Crippen LogP contribution in [0.4, 0.5) is 13.2 Å². The molecule has 6 heteroatoms. The zero-order valence-corrected chi connectivity index (χ0v) is 12.4. The molecule has 2 aromatic rings. The lowest BCUT2D eigenvalue weighted by molar-refractivity contribution is -0.139. The number of rotatable bonds is 3. The summed E-state index contributed by atoms with van der Waals surface area (Å²) in [6.45, 7) is 0.0191. The van der Waals surface area contributed by atoms with Crippen LogP contribution in [0.15, 0.2) is 46.9 Å². The van der Waals surface area contributed by atoms with Gasteiger partial charge in [-0.25, -0.2) is 0 Å². The fourth-order valence-corrected chi connectivity index (χ4v) is 2.51. The van der Waals surface area contributed by atoms with Gasteiger partial charge in [0.05, 0.1) is 5.02 Å². The molecule has 0 unspecified atom stereocenters. The molecular formula is C14H9BrClF3O. The van der Waals surface area contributed by atoms with Gasteiger partial charge in [0.1, 0.15) is 12.2 Å². The van der Waals surface area contributed by atoms with Gasteiger partial charge in [0.15, 0.2) is 5.75 Å². The highest BCUT2D eigenvalue weighted by Crippen LogP contribution is 2.42. The Kier molecular flexibility index (Phi) is 4.60. The van der Waals surface area contributed by atoms with Crippen molar-refractivity contribution in [2.45, 2.75) is 12.8 Å². The van der Waals surface area contributed by atoms with Crippen molar-refractivity contribution in [3.63, 3.8) is 0 Å². The summed E-state index contributed by atoms with van der Waals surface area (Å²) in [5.41, 5.74) is -0.132. The van der Waals surface area contributed by atoms with Crippen LogP contribution in [-0.2, 0) is 12.8 Å². The second-order valence-corrected chi connectivity index (χ2v) is 5.36. The van der Waals surface area contributed by atoms with E-state index in [0.29, 0.717) is 0 Å². The van der Waals surface area contributed by atoms with E-state index in [2.05, 4.69) is 15.9 Å². The van der Waals surface area contributed by atoms with E-state index >= 15 is 0 Å². The summed E-state index contributed by atoms with van der Waals surface area (Å²) in [6.07, 6.45) is -4.53. The van der Waals surface area contributed by atoms with Crippen LogP contribution < -0.4 is 4.74 Å². The molecule has 0 atom stereocenters. The van der Waals surface area contributed by atoms with Gasteiger partial charge in [0.25, 0.3) is 0 Å². The maximum Gasteiger partial charge on any atom is 0.420 e. The van der Waals surface area contributed by atoms with E-state index in [1.54, 1.807) is 24.3 Å². The van der Waals surface area contributed by atoms with Gasteiger partial charge in [-0.05, 0) is 17.7 Å². The fourth-order valence-electron chi connectivity index (χ4n) is 1.65. The third-order valence-electron chi connectivity index (χ3n) is 2.54. The van der Waals surface area contributed by atoms with Crippen molar-refractivity contribution in [1.29, 1.82) is 0 Å². The Hall–Kier alpha value is -1.20. The highest BCUT2D eigenvalue weighted by atomic mass is 79.9. The molecule has 0 aliphatic rings. The predicted octanol–water partition coefficient (Wildman–Crippen LogP) is 5.70. The first-order valence-corrected chi connectivity index (χ1v) is 6.78. The first kappa shape index (κ1) is 15.2. The Bertz CT molecular complexity index is 599. The van der Waals surface area contributed by atoms with Crippen molar-refractivity contribution in [3.05, 3.63) is 63.1 Å². The minimum absolute atomic E-state index is 0.0191. The first-order chi connectivity index (χ1) is 9.38. The van der Waals surface area contributed by atoms with Gasteiger partial charge >= 0.3 is 6.18 Å². The highest BCUT2D eigenvalue weighted by Gasteiger charge is 2.36. The average Bonchev–Trinajstić information content (AvgIpc) is 2.37. The summed E-state index contributed by atoms with van der Waals surface area (Å²) < 4.78 is 44.4. The number of hydrogen-bond acceptors (Lipinski definition) is 1. The lowest BCUT2D eigenvalue weighted by atomic mass is 10.2. The van der Waals surface area contributed by atoms with Crippen molar-refractivity contribution in [3.8, 4) is 5.75 Å². The number of ether oxygens (including phenoxy) is 1. The Morgan fingerprint density at radius 3 is 2.35 bits per heavy atom. The quantitative estimate of drug-likeness (QED) is 0.678. The van der Waals surface area contributed by atoms with Crippen LogP contribution >= 0.6 is 27.5 Å². The minimum Gasteiger partial charge on any atom is -0.487 e. The molecule has 0 radical (unpaired) electrons.